The summed E-state index contributed by atoms with van der Waals surface area (Å²) in [4.78, 5) is 27.6. The third-order valence-corrected chi connectivity index (χ3v) is 8.97. The van der Waals surface area contributed by atoms with E-state index in [0.29, 0.717) is 25.9 Å². The zero-order valence-electron chi connectivity index (χ0n) is 30.2. The lowest BCUT2D eigenvalue weighted by Crippen LogP contribution is -2.46. The monoisotopic (exact) mass is 640 g/mol. The molecule has 1 aliphatic rings. The second-order valence-corrected chi connectivity index (χ2v) is 13.4. The lowest BCUT2D eigenvalue weighted by molar-refractivity contribution is -0.138. The minimum absolute atomic E-state index is 0.0241. The summed E-state index contributed by atoms with van der Waals surface area (Å²) >= 11 is 0. The van der Waals surface area contributed by atoms with E-state index in [-0.39, 0.29) is 17.9 Å². The Bertz CT molecular complexity index is 847. The molecule has 264 valence electrons. The number of unbranched alkanes of at least 4 members (excludes halogenated alkanes) is 17. The Morgan fingerprint density at radius 3 is 1.54 bits per heavy atom. The molecule has 1 aliphatic heterocycles. The predicted octanol–water partition coefficient (Wildman–Crippen LogP) is 10.7. The number of nitrogens with two attached hydrogens (primary N) is 1. The summed E-state index contributed by atoms with van der Waals surface area (Å²) in [5, 5.41) is 3.09. The molecule has 0 radical (unpaired) electrons. The van der Waals surface area contributed by atoms with E-state index in [9.17, 15) is 9.59 Å². The van der Waals surface area contributed by atoms with Gasteiger partial charge < -0.3 is 16.0 Å². The van der Waals surface area contributed by atoms with E-state index in [1.54, 1.807) is 4.90 Å². The quantitative estimate of drug-likeness (QED) is 0.0606. The van der Waals surface area contributed by atoms with E-state index in [1.807, 2.05) is 0 Å². The average Bonchev–Trinajstić information content (AvgIpc) is 3.46. The van der Waals surface area contributed by atoms with Crippen molar-refractivity contribution < 1.29 is 9.59 Å². The van der Waals surface area contributed by atoms with E-state index in [0.717, 1.165) is 51.4 Å². The molecule has 1 heterocycles. The fourth-order valence-corrected chi connectivity index (χ4v) is 6.07. The van der Waals surface area contributed by atoms with Gasteiger partial charge in [0, 0.05) is 25.6 Å². The molecule has 1 fully saturated rings. The van der Waals surface area contributed by atoms with Crippen molar-refractivity contribution in [1.29, 1.82) is 0 Å². The molecular weight excluding hydrogens is 566 g/mol. The molecule has 0 aromatic carbocycles. The lowest BCUT2D eigenvalue weighted by Gasteiger charge is -2.24. The first-order chi connectivity index (χ1) is 22.6. The number of carbonyl (C=O) groups is 2. The third kappa shape index (κ3) is 24.1. The van der Waals surface area contributed by atoms with Crippen LogP contribution < -0.4 is 11.1 Å². The summed E-state index contributed by atoms with van der Waals surface area (Å²) in [6, 6.07) is -0.503. The molecule has 5 heteroatoms. The first kappa shape index (κ1) is 41.9. The van der Waals surface area contributed by atoms with Crippen molar-refractivity contribution in [2.24, 2.45) is 5.73 Å². The zero-order chi connectivity index (χ0) is 33.3. The first-order valence-electron chi connectivity index (χ1n) is 19.5. The van der Waals surface area contributed by atoms with E-state index in [4.69, 9.17) is 5.73 Å². The highest BCUT2D eigenvalue weighted by molar-refractivity contribution is 5.88. The molecule has 46 heavy (non-hydrogen) atoms. The Balaban J connectivity index is 2.04. The number of allylic oxidation sites excluding steroid dienone is 8. The molecule has 0 aromatic heterocycles. The second kappa shape index (κ2) is 31.5. The largest absolute Gasteiger partial charge is 0.354 e. The highest BCUT2D eigenvalue weighted by Gasteiger charge is 2.37. The topological polar surface area (TPSA) is 75.4 Å². The van der Waals surface area contributed by atoms with Gasteiger partial charge in [-0.1, -0.05) is 133 Å². The molecule has 3 N–H and O–H groups in total. The van der Waals surface area contributed by atoms with Crippen molar-refractivity contribution in [2.45, 2.75) is 186 Å². The number of hydrogen-bond acceptors (Lipinski definition) is 3. The number of nitrogens with zero attached hydrogens (tertiary/aromatic N) is 1. The van der Waals surface area contributed by atoms with Crippen LogP contribution in [-0.2, 0) is 9.59 Å². The normalized spacial score (nSPS) is 17.1. The van der Waals surface area contributed by atoms with Gasteiger partial charge in [0.15, 0.2) is 0 Å². The van der Waals surface area contributed by atoms with Crippen LogP contribution in [0.15, 0.2) is 48.6 Å². The maximum Gasteiger partial charge on any atom is 0.242 e. The van der Waals surface area contributed by atoms with Crippen molar-refractivity contribution in [2.75, 3.05) is 13.1 Å². The molecule has 0 bridgehead atoms. The van der Waals surface area contributed by atoms with Crippen molar-refractivity contribution in [3.05, 3.63) is 48.6 Å². The van der Waals surface area contributed by atoms with Crippen LogP contribution in [0, 0.1) is 0 Å². The smallest absolute Gasteiger partial charge is 0.242 e. The van der Waals surface area contributed by atoms with Gasteiger partial charge in [0.2, 0.25) is 11.8 Å². The summed E-state index contributed by atoms with van der Waals surface area (Å²) in [6.45, 7) is 5.68. The Morgan fingerprint density at radius 1 is 0.609 bits per heavy atom. The number of nitrogens with one attached hydrogen (secondary N) is 1. The minimum Gasteiger partial charge on any atom is -0.354 e. The highest BCUT2D eigenvalue weighted by Crippen LogP contribution is 2.20. The van der Waals surface area contributed by atoms with Crippen molar-refractivity contribution in [1.82, 2.24) is 10.2 Å². The van der Waals surface area contributed by atoms with E-state index < -0.39 is 6.04 Å². The van der Waals surface area contributed by atoms with Gasteiger partial charge in [0.25, 0.3) is 0 Å². The summed E-state index contributed by atoms with van der Waals surface area (Å²) in [5.74, 6) is 0.0661. The van der Waals surface area contributed by atoms with Crippen LogP contribution in [0.4, 0.5) is 0 Å². The second-order valence-electron chi connectivity index (χ2n) is 13.4. The molecule has 0 saturated carbocycles. The van der Waals surface area contributed by atoms with E-state index in [2.05, 4.69) is 67.8 Å². The van der Waals surface area contributed by atoms with Gasteiger partial charge in [0.05, 0.1) is 0 Å². The number of amides is 2. The maximum absolute atomic E-state index is 12.9. The predicted molar refractivity (Wildman–Crippen MR) is 200 cm³/mol. The Kier molecular flexibility index (Phi) is 28.6. The molecule has 2 unspecified atom stereocenters. The molecule has 0 spiro atoms. The van der Waals surface area contributed by atoms with Gasteiger partial charge in [-0.3, -0.25) is 9.59 Å². The van der Waals surface area contributed by atoms with Crippen LogP contribution in [0.3, 0.4) is 0 Å². The van der Waals surface area contributed by atoms with Crippen LogP contribution in [0.25, 0.3) is 0 Å². The molecule has 0 aliphatic carbocycles. The molecule has 2 atom stereocenters. The standard InChI is InChI=1S/C41H73N3O2/c1-3-5-7-9-11-13-15-17-19-21-23-25-27-29-31-33-35-43-41(46)39-36-38(42)37-44(39)40(45)34-32-30-28-26-24-22-20-18-16-14-12-10-8-6-4-2/h11-14,17-20,38-39H,3-10,15-16,21-37,42H2,1-2H3,(H,43,46). The van der Waals surface area contributed by atoms with Crippen LogP contribution in [0.5, 0.6) is 0 Å². The number of hydrogen-bond donors (Lipinski definition) is 2. The van der Waals surface area contributed by atoms with Crippen LogP contribution >= 0.6 is 0 Å². The van der Waals surface area contributed by atoms with E-state index in [1.165, 1.54) is 96.3 Å². The van der Waals surface area contributed by atoms with Crippen LogP contribution in [-0.4, -0.2) is 41.9 Å². The molecule has 2 amide bonds. The highest BCUT2D eigenvalue weighted by atomic mass is 16.2. The Morgan fingerprint density at radius 2 is 1.04 bits per heavy atom. The number of carbonyl (C=O) groups excluding carboxylic acids is 2. The fraction of sp³-hybridized carbons (Fsp3) is 0.756. The van der Waals surface area contributed by atoms with Crippen molar-refractivity contribution in [3.63, 3.8) is 0 Å². The summed E-state index contributed by atoms with van der Waals surface area (Å²) in [5.41, 5.74) is 6.18. The molecule has 5 nitrogen and oxygen atoms in total. The Labute approximate surface area is 285 Å². The SMILES string of the molecule is CCCCCC=CCC=CCCCCCCCCNC(=O)C1CC(N)CN1C(=O)CCCCCCCC=CCC=CCCCCC. The number of rotatable bonds is 30. The van der Waals surface area contributed by atoms with Gasteiger partial charge >= 0.3 is 0 Å². The fourth-order valence-electron chi connectivity index (χ4n) is 6.07. The van der Waals surface area contributed by atoms with Crippen LogP contribution in [0.1, 0.15) is 174 Å². The van der Waals surface area contributed by atoms with Gasteiger partial charge in [-0.05, 0) is 83.5 Å². The minimum atomic E-state index is -0.398. The van der Waals surface area contributed by atoms with E-state index >= 15 is 0 Å². The van der Waals surface area contributed by atoms with Crippen molar-refractivity contribution in [3.8, 4) is 0 Å². The lowest BCUT2D eigenvalue weighted by atomic mass is 10.1. The van der Waals surface area contributed by atoms with Gasteiger partial charge in [0.1, 0.15) is 6.04 Å². The van der Waals surface area contributed by atoms with Crippen LogP contribution in [0.2, 0.25) is 0 Å². The summed E-state index contributed by atoms with van der Waals surface area (Å²) in [6.07, 6.45) is 46.9. The molecule has 1 saturated heterocycles. The Hall–Kier alpha value is -2.14. The molecule has 1 rings (SSSR count). The molecular formula is C41H73N3O2. The summed E-state index contributed by atoms with van der Waals surface area (Å²) in [7, 11) is 0. The molecule has 0 aromatic rings. The maximum atomic E-state index is 12.9. The zero-order valence-corrected chi connectivity index (χ0v) is 30.2. The average molecular weight is 640 g/mol. The number of likely N-dealkylation sites (tertiary alicyclic amines) is 1. The summed E-state index contributed by atoms with van der Waals surface area (Å²) < 4.78 is 0. The van der Waals surface area contributed by atoms with Crippen molar-refractivity contribution >= 4 is 11.8 Å². The van der Waals surface area contributed by atoms with Gasteiger partial charge in [-0.25, -0.2) is 0 Å². The van der Waals surface area contributed by atoms with Gasteiger partial charge in [-0.15, -0.1) is 0 Å². The van der Waals surface area contributed by atoms with Gasteiger partial charge in [-0.2, -0.15) is 0 Å². The third-order valence-electron chi connectivity index (χ3n) is 8.97. The first-order valence-corrected chi connectivity index (χ1v) is 19.5.